The molecule has 0 bridgehead atoms. The topological polar surface area (TPSA) is 49.7 Å². The first-order valence-electron chi connectivity index (χ1n) is 3.46. The molecule has 0 saturated carbocycles. The van der Waals surface area contributed by atoms with Crippen LogP contribution in [0.4, 0.5) is 4.39 Å². The molecular weight excluding hydrogens is 289 g/mol. The third-order valence-corrected chi connectivity index (χ3v) is 2.41. The van der Waals surface area contributed by atoms with Crippen molar-refractivity contribution >= 4 is 35.2 Å². The van der Waals surface area contributed by atoms with Gasteiger partial charge in [0.05, 0.1) is 10.7 Å². The first-order chi connectivity index (χ1) is 6.07. The highest BCUT2D eigenvalue weighted by Crippen LogP contribution is 2.22. The van der Waals surface area contributed by atoms with E-state index in [0.29, 0.717) is 3.57 Å². The average Bonchev–Trinajstić information content (AvgIpc) is 2.04. The molecule has 0 aliphatic heterocycles. The standard InChI is InChI=1S/C7H7BFIO3/c1-13-7-5(10)3-2-4(6(7)9)8(11)12/h2-3,11-12H,1H3. The highest BCUT2D eigenvalue weighted by molar-refractivity contribution is 14.1. The molecule has 0 aliphatic carbocycles. The maximum atomic E-state index is 13.3. The molecule has 0 fully saturated rings. The first kappa shape index (κ1) is 10.7. The summed E-state index contributed by atoms with van der Waals surface area (Å²) < 4.78 is 18.7. The molecule has 1 rings (SSSR count). The normalized spacial score (nSPS) is 9.92. The lowest BCUT2D eigenvalue weighted by Gasteiger charge is -2.08. The second-order valence-electron chi connectivity index (χ2n) is 2.36. The molecule has 3 nitrogen and oxygen atoms in total. The van der Waals surface area contributed by atoms with Gasteiger partial charge in [-0.3, -0.25) is 0 Å². The highest BCUT2D eigenvalue weighted by atomic mass is 127. The molecule has 0 heterocycles. The van der Waals surface area contributed by atoms with Gasteiger partial charge in [0.2, 0.25) is 0 Å². The fourth-order valence-corrected chi connectivity index (χ4v) is 1.57. The third kappa shape index (κ3) is 2.12. The van der Waals surface area contributed by atoms with Crippen LogP contribution in [0.25, 0.3) is 0 Å². The van der Waals surface area contributed by atoms with E-state index in [0.717, 1.165) is 0 Å². The Kier molecular flexibility index (Phi) is 3.51. The molecular formula is C7H7BFIO3. The predicted molar refractivity (Wildman–Crippen MR) is 55.5 cm³/mol. The van der Waals surface area contributed by atoms with Gasteiger partial charge in [0.15, 0.2) is 11.6 Å². The lowest BCUT2D eigenvalue weighted by atomic mass is 9.80. The number of methoxy groups -OCH3 is 1. The molecule has 70 valence electrons. The molecule has 0 radical (unpaired) electrons. The van der Waals surface area contributed by atoms with Crippen LogP contribution in [0.15, 0.2) is 12.1 Å². The molecule has 0 spiro atoms. The fraction of sp³-hybridized carbons (Fsp3) is 0.143. The van der Waals surface area contributed by atoms with E-state index in [-0.39, 0.29) is 11.2 Å². The summed E-state index contributed by atoms with van der Waals surface area (Å²) in [4.78, 5) is 0. The van der Waals surface area contributed by atoms with Gasteiger partial charge in [0, 0.05) is 5.46 Å². The van der Waals surface area contributed by atoms with E-state index in [1.54, 1.807) is 6.07 Å². The van der Waals surface area contributed by atoms with E-state index in [2.05, 4.69) is 0 Å². The van der Waals surface area contributed by atoms with Gasteiger partial charge in [-0.05, 0) is 28.7 Å². The van der Waals surface area contributed by atoms with Crippen LogP contribution in [-0.2, 0) is 0 Å². The maximum absolute atomic E-state index is 13.3. The number of halogens is 2. The second kappa shape index (κ2) is 4.25. The van der Waals surface area contributed by atoms with Crippen LogP contribution >= 0.6 is 22.6 Å². The minimum atomic E-state index is -1.81. The average molecular weight is 296 g/mol. The van der Waals surface area contributed by atoms with E-state index in [1.807, 2.05) is 22.6 Å². The van der Waals surface area contributed by atoms with Crippen molar-refractivity contribution in [2.24, 2.45) is 0 Å². The van der Waals surface area contributed by atoms with Gasteiger partial charge in [-0.25, -0.2) is 4.39 Å². The Morgan fingerprint density at radius 3 is 2.54 bits per heavy atom. The van der Waals surface area contributed by atoms with Crippen molar-refractivity contribution in [2.75, 3.05) is 7.11 Å². The third-order valence-electron chi connectivity index (χ3n) is 1.56. The summed E-state index contributed by atoms with van der Waals surface area (Å²) in [6.45, 7) is 0. The highest BCUT2D eigenvalue weighted by Gasteiger charge is 2.20. The van der Waals surface area contributed by atoms with Crippen LogP contribution in [0, 0.1) is 9.39 Å². The molecule has 0 aliphatic rings. The summed E-state index contributed by atoms with van der Waals surface area (Å²) in [6.07, 6.45) is 0. The van der Waals surface area contributed by atoms with Crippen molar-refractivity contribution in [2.45, 2.75) is 0 Å². The van der Waals surface area contributed by atoms with E-state index in [4.69, 9.17) is 14.8 Å². The second-order valence-corrected chi connectivity index (χ2v) is 3.52. The summed E-state index contributed by atoms with van der Waals surface area (Å²) in [5.41, 5.74) is -0.183. The zero-order valence-electron chi connectivity index (χ0n) is 6.79. The van der Waals surface area contributed by atoms with Crippen molar-refractivity contribution in [1.29, 1.82) is 0 Å². The van der Waals surface area contributed by atoms with Crippen LogP contribution in [0.2, 0.25) is 0 Å². The molecule has 1 aromatic rings. The Bertz CT molecular complexity index is 319. The molecule has 0 amide bonds. The molecule has 0 atom stereocenters. The summed E-state index contributed by atoms with van der Waals surface area (Å²) in [7, 11) is -0.486. The van der Waals surface area contributed by atoms with Crippen molar-refractivity contribution in [3.05, 3.63) is 21.5 Å². The molecule has 2 N–H and O–H groups in total. The summed E-state index contributed by atoms with van der Waals surface area (Å²) >= 11 is 1.90. The SMILES string of the molecule is COc1c(I)ccc(B(O)O)c1F. The summed E-state index contributed by atoms with van der Waals surface area (Å²) in [6, 6.07) is 2.86. The molecule has 6 heteroatoms. The summed E-state index contributed by atoms with van der Waals surface area (Å²) in [5, 5.41) is 17.5. The van der Waals surface area contributed by atoms with E-state index >= 15 is 0 Å². The smallest absolute Gasteiger partial charge is 0.491 e. The fourth-order valence-electron chi connectivity index (χ4n) is 0.934. The molecule has 13 heavy (non-hydrogen) atoms. The Morgan fingerprint density at radius 1 is 1.46 bits per heavy atom. The van der Waals surface area contributed by atoms with Crippen molar-refractivity contribution in [3.8, 4) is 5.75 Å². The maximum Gasteiger partial charge on any atom is 0.491 e. The number of hydrogen-bond acceptors (Lipinski definition) is 3. The van der Waals surface area contributed by atoms with Crippen LogP contribution in [-0.4, -0.2) is 24.3 Å². The van der Waals surface area contributed by atoms with Crippen molar-refractivity contribution in [1.82, 2.24) is 0 Å². The van der Waals surface area contributed by atoms with Gasteiger partial charge in [-0.15, -0.1) is 0 Å². The number of ether oxygens (including phenoxy) is 1. The first-order valence-corrected chi connectivity index (χ1v) is 4.53. The van der Waals surface area contributed by atoms with E-state index < -0.39 is 12.9 Å². The van der Waals surface area contributed by atoms with Gasteiger partial charge >= 0.3 is 7.12 Å². The van der Waals surface area contributed by atoms with E-state index in [1.165, 1.54) is 13.2 Å². The Balaban J connectivity index is 3.27. The van der Waals surface area contributed by atoms with Crippen molar-refractivity contribution < 1.29 is 19.2 Å². The number of rotatable bonds is 2. The molecule has 0 aromatic heterocycles. The summed E-state index contributed by atoms with van der Waals surface area (Å²) in [5.74, 6) is -0.699. The molecule has 0 unspecified atom stereocenters. The van der Waals surface area contributed by atoms with Crippen molar-refractivity contribution in [3.63, 3.8) is 0 Å². The van der Waals surface area contributed by atoms with Gasteiger partial charge in [0.25, 0.3) is 0 Å². The lowest BCUT2D eigenvalue weighted by molar-refractivity contribution is 0.381. The Labute approximate surface area is 88.8 Å². The van der Waals surface area contributed by atoms with Gasteiger partial charge in [-0.1, -0.05) is 6.07 Å². The number of hydrogen-bond donors (Lipinski definition) is 2. The van der Waals surface area contributed by atoms with Gasteiger partial charge in [-0.2, -0.15) is 0 Å². The van der Waals surface area contributed by atoms with Crippen LogP contribution < -0.4 is 10.2 Å². The van der Waals surface area contributed by atoms with Crippen LogP contribution in [0.3, 0.4) is 0 Å². The Morgan fingerprint density at radius 2 is 2.08 bits per heavy atom. The van der Waals surface area contributed by atoms with Crippen LogP contribution in [0.1, 0.15) is 0 Å². The van der Waals surface area contributed by atoms with E-state index in [9.17, 15) is 4.39 Å². The zero-order valence-corrected chi connectivity index (χ0v) is 8.95. The van der Waals surface area contributed by atoms with Gasteiger partial charge in [0.1, 0.15) is 0 Å². The lowest BCUT2D eigenvalue weighted by Crippen LogP contribution is -2.33. The van der Waals surface area contributed by atoms with Crippen LogP contribution in [0.5, 0.6) is 5.75 Å². The quantitative estimate of drug-likeness (QED) is 0.602. The number of benzene rings is 1. The minimum absolute atomic E-state index is 0.0335. The minimum Gasteiger partial charge on any atom is -0.493 e. The predicted octanol–water partition coefficient (Wildman–Crippen LogP) is 0.119. The van der Waals surface area contributed by atoms with Gasteiger partial charge < -0.3 is 14.8 Å². The molecule has 0 saturated heterocycles. The largest absolute Gasteiger partial charge is 0.493 e. The zero-order chi connectivity index (χ0) is 10.0. The Hall–Kier alpha value is -0.335. The monoisotopic (exact) mass is 296 g/mol. The molecule has 1 aromatic carbocycles.